The maximum absolute atomic E-state index is 10.9. The number of halogens is 1. The van der Waals surface area contributed by atoms with E-state index in [2.05, 4.69) is 20.9 Å². The van der Waals surface area contributed by atoms with Gasteiger partial charge in [0.05, 0.1) is 29.1 Å². The summed E-state index contributed by atoms with van der Waals surface area (Å²) in [5, 5.41) is 20.5. The summed E-state index contributed by atoms with van der Waals surface area (Å²) in [5.41, 5.74) is 2.50. The number of nitro groups is 1. The Bertz CT molecular complexity index is 827. The first-order valence-electron chi connectivity index (χ1n) is 6.12. The Morgan fingerprint density at radius 2 is 1.95 bits per heavy atom. The van der Waals surface area contributed by atoms with E-state index < -0.39 is 4.92 Å². The van der Waals surface area contributed by atoms with Crippen LogP contribution in [0.4, 0.5) is 5.69 Å². The van der Waals surface area contributed by atoms with Crippen LogP contribution in [0.15, 0.2) is 47.1 Å². The van der Waals surface area contributed by atoms with Crippen LogP contribution in [0.2, 0.25) is 0 Å². The molecule has 0 fully saturated rings. The molecular formula is C14H10BrN3O3. The van der Waals surface area contributed by atoms with Crippen molar-refractivity contribution in [2.24, 2.45) is 0 Å². The maximum atomic E-state index is 10.9. The van der Waals surface area contributed by atoms with Crippen molar-refractivity contribution in [3.05, 3.63) is 62.9 Å². The Morgan fingerprint density at radius 3 is 2.57 bits per heavy atom. The van der Waals surface area contributed by atoms with Gasteiger partial charge in [-0.3, -0.25) is 14.5 Å². The van der Waals surface area contributed by atoms with Gasteiger partial charge in [0.25, 0.3) is 5.69 Å². The van der Waals surface area contributed by atoms with E-state index >= 15 is 0 Å². The summed E-state index contributed by atoms with van der Waals surface area (Å²) in [5.74, 6) is 0. The highest BCUT2D eigenvalue weighted by molar-refractivity contribution is 9.10. The fourth-order valence-corrected chi connectivity index (χ4v) is 2.44. The molecule has 0 radical (unpaired) electrons. The lowest BCUT2D eigenvalue weighted by molar-refractivity contribution is -0.385. The van der Waals surface area contributed by atoms with Crippen molar-refractivity contribution in [1.29, 1.82) is 0 Å². The molecule has 0 atom stereocenters. The average molecular weight is 348 g/mol. The number of aromatic nitrogens is 2. The normalized spacial score (nSPS) is 11.0. The smallest absolute Gasteiger partial charge is 0.286 e. The monoisotopic (exact) mass is 347 g/mol. The molecule has 0 aliphatic heterocycles. The molecule has 1 N–H and O–H groups in total. The molecule has 7 heteroatoms. The number of fused-ring (bicyclic) bond motifs is 1. The summed E-state index contributed by atoms with van der Waals surface area (Å²) in [6.07, 6.45) is 1.37. The van der Waals surface area contributed by atoms with Gasteiger partial charge in [0.1, 0.15) is 5.65 Å². The molecule has 3 rings (SSSR count). The fraction of sp³-hybridized carbons (Fsp3) is 0.0714. The van der Waals surface area contributed by atoms with Crippen molar-refractivity contribution in [3.8, 4) is 11.3 Å². The van der Waals surface area contributed by atoms with E-state index in [1.54, 1.807) is 10.5 Å². The topological polar surface area (TPSA) is 80.7 Å². The summed E-state index contributed by atoms with van der Waals surface area (Å²) < 4.78 is 2.49. The molecule has 0 spiro atoms. The second-order valence-corrected chi connectivity index (χ2v) is 5.36. The van der Waals surface area contributed by atoms with Crippen LogP contribution in [0.25, 0.3) is 16.9 Å². The third-order valence-electron chi connectivity index (χ3n) is 3.18. The number of aliphatic hydroxyl groups excluding tert-OH is 1. The van der Waals surface area contributed by atoms with E-state index in [4.69, 9.17) is 0 Å². The summed E-state index contributed by atoms with van der Waals surface area (Å²) in [4.78, 5) is 14.8. The van der Waals surface area contributed by atoms with Gasteiger partial charge in [-0.25, -0.2) is 4.98 Å². The first-order chi connectivity index (χ1) is 10.1. The number of pyridine rings is 1. The number of nitrogens with zero attached hydrogens (tertiary/aromatic N) is 3. The molecule has 6 nitrogen and oxygen atoms in total. The molecule has 0 aliphatic carbocycles. The van der Waals surface area contributed by atoms with Crippen LogP contribution >= 0.6 is 15.9 Å². The Hall–Kier alpha value is -2.25. The number of rotatable bonds is 3. The van der Waals surface area contributed by atoms with Gasteiger partial charge in [-0.2, -0.15) is 0 Å². The Morgan fingerprint density at radius 1 is 1.24 bits per heavy atom. The molecule has 2 heterocycles. The number of benzene rings is 1. The van der Waals surface area contributed by atoms with Gasteiger partial charge in [-0.05, 0) is 18.2 Å². The first-order valence-corrected chi connectivity index (χ1v) is 6.91. The van der Waals surface area contributed by atoms with Gasteiger partial charge in [0.2, 0.25) is 0 Å². The average Bonchev–Trinajstić information content (AvgIpc) is 2.85. The fourth-order valence-electron chi connectivity index (χ4n) is 2.18. The van der Waals surface area contributed by atoms with Gasteiger partial charge in [0, 0.05) is 16.1 Å². The first kappa shape index (κ1) is 13.7. The number of hydrogen-bond acceptors (Lipinski definition) is 4. The van der Waals surface area contributed by atoms with Crippen LogP contribution < -0.4 is 0 Å². The van der Waals surface area contributed by atoms with Crippen LogP contribution in [0.3, 0.4) is 0 Å². The SMILES string of the molecule is O=[N+]([O-])c1ccc2nc(-c3ccc(Br)cc3)c(CO)n2c1. The maximum Gasteiger partial charge on any atom is 0.286 e. The third kappa shape index (κ3) is 2.41. The molecule has 0 unspecified atom stereocenters. The summed E-state index contributed by atoms with van der Waals surface area (Å²) in [7, 11) is 0. The van der Waals surface area contributed by atoms with E-state index in [1.807, 2.05) is 24.3 Å². The Labute approximate surface area is 128 Å². The van der Waals surface area contributed by atoms with E-state index in [1.165, 1.54) is 12.3 Å². The molecule has 2 aromatic heterocycles. The van der Waals surface area contributed by atoms with E-state index in [0.29, 0.717) is 17.0 Å². The van der Waals surface area contributed by atoms with E-state index in [-0.39, 0.29) is 12.3 Å². The Balaban J connectivity index is 2.23. The lowest BCUT2D eigenvalue weighted by Gasteiger charge is -2.02. The molecule has 0 saturated heterocycles. The largest absolute Gasteiger partial charge is 0.390 e. The molecule has 1 aromatic carbocycles. The lowest BCUT2D eigenvalue weighted by Crippen LogP contribution is -1.96. The predicted molar refractivity (Wildman–Crippen MR) is 80.9 cm³/mol. The molecule has 106 valence electrons. The zero-order valence-electron chi connectivity index (χ0n) is 10.7. The van der Waals surface area contributed by atoms with Crippen LogP contribution in [0.5, 0.6) is 0 Å². The molecular weight excluding hydrogens is 338 g/mol. The zero-order valence-corrected chi connectivity index (χ0v) is 12.3. The second kappa shape index (κ2) is 5.27. The predicted octanol–water partition coefficient (Wildman–Crippen LogP) is 3.16. The van der Waals surface area contributed by atoms with Crippen LogP contribution in [0, 0.1) is 10.1 Å². The van der Waals surface area contributed by atoms with Gasteiger partial charge in [-0.1, -0.05) is 28.1 Å². The van der Waals surface area contributed by atoms with Crippen LogP contribution in [-0.4, -0.2) is 19.4 Å². The molecule has 0 amide bonds. The number of hydrogen-bond donors (Lipinski definition) is 1. The minimum atomic E-state index is -0.472. The molecule has 0 bridgehead atoms. The van der Waals surface area contributed by atoms with Crippen LogP contribution in [-0.2, 0) is 6.61 Å². The molecule has 21 heavy (non-hydrogen) atoms. The highest BCUT2D eigenvalue weighted by Gasteiger charge is 2.16. The molecule has 3 aromatic rings. The summed E-state index contributed by atoms with van der Waals surface area (Å²) in [6, 6.07) is 10.5. The van der Waals surface area contributed by atoms with Crippen molar-refractivity contribution in [1.82, 2.24) is 9.38 Å². The lowest BCUT2D eigenvalue weighted by atomic mass is 10.1. The Kier molecular flexibility index (Phi) is 3.44. The highest BCUT2D eigenvalue weighted by Crippen LogP contribution is 2.27. The van der Waals surface area contributed by atoms with Crippen molar-refractivity contribution < 1.29 is 10.0 Å². The highest BCUT2D eigenvalue weighted by atomic mass is 79.9. The quantitative estimate of drug-likeness (QED) is 0.582. The number of imidazole rings is 1. The molecule has 0 aliphatic rings. The van der Waals surface area contributed by atoms with Crippen molar-refractivity contribution in [2.45, 2.75) is 6.61 Å². The standard InChI is InChI=1S/C14H10BrN3O3/c15-10-3-1-9(2-4-10)14-12(8-19)17-7-11(18(20)21)5-6-13(17)16-14/h1-7,19H,8H2. The second-order valence-electron chi connectivity index (χ2n) is 4.44. The van der Waals surface area contributed by atoms with Crippen molar-refractivity contribution in [3.63, 3.8) is 0 Å². The zero-order chi connectivity index (χ0) is 15.0. The van der Waals surface area contributed by atoms with Crippen molar-refractivity contribution in [2.75, 3.05) is 0 Å². The minimum Gasteiger partial charge on any atom is -0.390 e. The third-order valence-corrected chi connectivity index (χ3v) is 3.71. The summed E-state index contributed by atoms with van der Waals surface area (Å²) >= 11 is 3.36. The molecule has 0 saturated carbocycles. The van der Waals surface area contributed by atoms with Gasteiger partial charge >= 0.3 is 0 Å². The summed E-state index contributed by atoms with van der Waals surface area (Å²) in [6.45, 7) is -0.256. The van der Waals surface area contributed by atoms with E-state index in [9.17, 15) is 15.2 Å². The van der Waals surface area contributed by atoms with Gasteiger partial charge in [-0.15, -0.1) is 0 Å². The van der Waals surface area contributed by atoms with Crippen molar-refractivity contribution >= 4 is 27.3 Å². The van der Waals surface area contributed by atoms with Gasteiger partial charge < -0.3 is 5.11 Å². The van der Waals surface area contributed by atoms with E-state index in [0.717, 1.165) is 10.0 Å². The van der Waals surface area contributed by atoms with Gasteiger partial charge in [0.15, 0.2) is 0 Å². The van der Waals surface area contributed by atoms with Crippen LogP contribution in [0.1, 0.15) is 5.69 Å². The number of aliphatic hydroxyl groups is 1. The minimum absolute atomic E-state index is 0.0445.